The Morgan fingerprint density at radius 1 is 1.25 bits per heavy atom. The van der Waals surface area contributed by atoms with Crippen molar-refractivity contribution < 1.29 is 19.1 Å². The van der Waals surface area contributed by atoms with Gasteiger partial charge in [-0.3, -0.25) is 9.59 Å². The van der Waals surface area contributed by atoms with E-state index in [0.29, 0.717) is 28.0 Å². The second-order valence-electron chi connectivity index (χ2n) is 6.86. The Bertz CT molecular complexity index is 933. The maximum Gasteiger partial charge on any atom is 0.251 e. The molecule has 7 heteroatoms. The van der Waals surface area contributed by atoms with Crippen LogP contribution in [0.4, 0.5) is 5.00 Å². The molecule has 0 aliphatic heterocycles. The summed E-state index contributed by atoms with van der Waals surface area (Å²) in [5.41, 5.74) is 7.84. The maximum absolute atomic E-state index is 12.4. The molecule has 0 bridgehead atoms. The van der Waals surface area contributed by atoms with E-state index in [1.807, 2.05) is 6.07 Å². The van der Waals surface area contributed by atoms with Crippen LogP contribution >= 0.6 is 11.3 Å². The van der Waals surface area contributed by atoms with Crippen LogP contribution in [0.25, 0.3) is 6.08 Å². The van der Waals surface area contributed by atoms with Crippen LogP contribution in [0.2, 0.25) is 0 Å². The number of primary amides is 1. The lowest BCUT2D eigenvalue weighted by atomic mass is 9.88. The number of fused-ring (bicyclic) bond motifs is 1. The fourth-order valence-electron chi connectivity index (χ4n) is 3.38. The first-order valence-corrected chi connectivity index (χ1v) is 9.90. The number of methoxy groups -OCH3 is 2. The van der Waals surface area contributed by atoms with Crippen LogP contribution in [-0.4, -0.2) is 26.0 Å². The van der Waals surface area contributed by atoms with Crippen molar-refractivity contribution in [3.8, 4) is 11.5 Å². The van der Waals surface area contributed by atoms with Crippen molar-refractivity contribution in [2.75, 3.05) is 19.5 Å². The monoisotopic (exact) mass is 400 g/mol. The predicted molar refractivity (Wildman–Crippen MR) is 111 cm³/mol. The zero-order chi connectivity index (χ0) is 20.3. The average molecular weight is 401 g/mol. The smallest absolute Gasteiger partial charge is 0.251 e. The minimum atomic E-state index is -0.494. The summed E-state index contributed by atoms with van der Waals surface area (Å²) in [5, 5.41) is 3.36. The quantitative estimate of drug-likeness (QED) is 0.724. The molecule has 1 aromatic carbocycles. The molecule has 0 spiro atoms. The fourth-order valence-corrected chi connectivity index (χ4v) is 4.80. The molecule has 3 N–H and O–H groups in total. The normalized spacial score (nSPS) is 15.9. The number of rotatable bonds is 6. The van der Waals surface area contributed by atoms with Crippen molar-refractivity contribution in [1.82, 2.24) is 0 Å². The van der Waals surface area contributed by atoms with Crippen molar-refractivity contribution in [1.29, 1.82) is 0 Å². The van der Waals surface area contributed by atoms with Crippen LogP contribution in [0.5, 0.6) is 11.5 Å². The first-order valence-electron chi connectivity index (χ1n) is 9.08. The van der Waals surface area contributed by atoms with Gasteiger partial charge in [-0.15, -0.1) is 11.3 Å². The van der Waals surface area contributed by atoms with E-state index in [2.05, 4.69) is 12.2 Å². The summed E-state index contributed by atoms with van der Waals surface area (Å²) in [6.07, 6.45) is 5.86. The van der Waals surface area contributed by atoms with Crippen molar-refractivity contribution in [3.63, 3.8) is 0 Å². The summed E-state index contributed by atoms with van der Waals surface area (Å²) >= 11 is 1.45. The highest BCUT2D eigenvalue weighted by Gasteiger charge is 2.26. The Kier molecular flexibility index (Phi) is 6.04. The molecule has 1 aliphatic carbocycles. The molecule has 1 atom stereocenters. The number of hydrogen-bond acceptors (Lipinski definition) is 5. The molecule has 148 valence electrons. The molecule has 28 heavy (non-hydrogen) atoms. The van der Waals surface area contributed by atoms with Crippen LogP contribution in [-0.2, 0) is 17.6 Å². The topological polar surface area (TPSA) is 90.6 Å². The average Bonchev–Trinajstić information content (AvgIpc) is 3.02. The highest BCUT2D eigenvalue weighted by Crippen LogP contribution is 2.39. The lowest BCUT2D eigenvalue weighted by molar-refractivity contribution is -0.111. The van der Waals surface area contributed by atoms with E-state index >= 15 is 0 Å². The number of nitrogens with two attached hydrogens (primary N) is 1. The van der Waals surface area contributed by atoms with Crippen molar-refractivity contribution in [3.05, 3.63) is 45.8 Å². The zero-order valence-corrected chi connectivity index (χ0v) is 17.0. The Morgan fingerprint density at radius 2 is 2.00 bits per heavy atom. The Labute approximate surface area is 168 Å². The second-order valence-corrected chi connectivity index (χ2v) is 7.96. The first-order chi connectivity index (χ1) is 13.4. The molecule has 0 saturated carbocycles. The molecule has 3 rings (SSSR count). The molecule has 1 aliphatic rings. The molecular formula is C21H24N2O4S. The third-order valence-electron chi connectivity index (χ3n) is 4.83. The summed E-state index contributed by atoms with van der Waals surface area (Å²) in [6, 6.07) is 5.38. The number of amides is 2. The van der Waals surface area contributed by atoms with E-state index in [0.717, 1.165) is 35.3 Å². The third kappa shape index (κ3) is 4.20. The number of nitrogens with one attached hydrogen (secondary N) is 1. The third-order valence-corrected chi connectivity index (χ3v) is 6.00. The SMILES string of the molecule is COc1ccc(/C=C/C(=O)Nc2sc3c(c2C(N)=O)CC[C@H](C)C3)cc1OC. The van der Waals surface area contributed by atoms with Gasteiger partial charge < -0.3 is 20.5 Å². The molecule has 0 fully saturated rings. The zero-order valence-electron chi connectivity index (χ0n) is 16.2. The lowest BCUT2D eigenvalue weighted by Gasteiger charge is -2.18. The maximum atomic E-state index is 12.4. The highest BCUT2D eigenvalue weighted by molar-refractivity contribution is 7.17. The van der Waals surface area contributed by atoms with E-state index in [1.165, 1.54) is 17.4 Å². The summed E-state index contributed by atoms with van der Waals surface area (Å²) in [5.74, 6) is 0.963. The Hall–Kier alpha value is -2.80. The van der Waals surface area contributed by atoms with Crippen LogP contribution < -0.4 is 20.5 Å². The van der Waals surface area contributed by atoms with E-state index in [9.17, 15) is 9.59 Å². The highest BCUT2D eigenvalue weighted by atomic mass is 32.1. The summed E-state index contributed by atoms with van der Waals surface area (Å²) in [7, 11) is 3.13. The van der Waals surface area contributed by atoms with Gasteiger partial charge in [0.2, 0.25) is 5.91 Å². The number of ether oxygens (including phenoxy) is 2. The standard InChI is InChI=1S/C21H24N2O4S/c1-12-4-7-14-17(10-12)28-21(19(14)20(22)25)23-18(24)9-6-13-5-8-15(26-2)16(11-13)27-3/h5-6,8-9,11-12H,4,7,10H2,1-3H3,(H2,22,25)(H,23,24)/b9-6+/t12-/m0/s1. The van der Waals surface area contributed by atoms with Gasteiger partial charge >= 0.3 is 0 Å². The fraction of sp³-hybridized carbons (Fsp3) is 0.333. The molecule has 2 amide bonds. The molecule has 1 aromatic heterocycles. The largest absolute Gasteiger partial charge is 0.493 e. The number of carbonyl (C=O) groups excluding carboxylic acids is 2. The van der Waals surface area contributed by atoms with Gasteiger partial charge in [0.1, 0.15) is 5.00 Å². The van der Waals surface area contributed by atoms with Gasteiger partial charge in [0.05, 0.1) is 19.8 Å². The van der Waals surface area contributed by atoms with E-state index in [-0.39, 0.29) is 5.91 Å². The molecular weight excluding hydrogens is 376 g/mol. The van der Waals surface area contributed by atoms with Gasteiger partial charge in [-0.05, 0) is 54.5 Å². The minimum absolute atomic E-state index is 0.316. The Morgan fingerprint density at radius 3 is 2.68 bits per heavy atom. The lowest BCUT2D eigenvalue weighted by Crippen LogP contribution is -2.18. The van der Waals surface area contributed by atoms with Crippen LogP contribution in [0.15, 0.2) is 24.3 Å². The van der Waals surface area contributed by atoms with Crippen LogP contribution in [0, 0.1) is 5.92 Å². The summed E-state index contributed by atoms with van der Waals surface area (Å²) in [4.78, 5) is 25.5. The van der Waals surface area contributed by atoms with Gasteiger partial charge in [0, 0.05) is 11.0 Å². The molecule has 1 heterocycles. The number of thiophene rings is 1. The van der Waals surface area contributed by atoms with E-state index < -0.39 is 5.91 Å². The first kappa shape index (κ1) is 19.9. The van der Waals surface area contributed by atoms with E-state index in [1.54, 1.807) is 32.4 Å². The molecule has 6 nitrogen and oxygen atoms in total. The number of hydrogen-bond donors (Lipinski definition) is 2. The number of anilines is 1. The van der Waals surface area contributed by atoms with Gasteiger partial charge in [-0.25, -0.2) is 0 Å². The van der Waals surface area contributed by atoms with Crippen molar-refractivity contribution in [2.24, 2.45) is 11.7 Å². The molecule has 0 saturated heterocycles. The van der Waals surface area contributed by atoms with Crippen LogP contribution in [0.1, 0.15) is 39.7 Å². The van der Waals surface area contributed by atoms with Gasteiger partial charge in [0.25, 0.3) is 5.91 Å². The summed E-state index contributed by atoms with van der Waals surface area (Å²) in [6.45, 7) is 2.19. The molecule has 2 aromatic rings. The van der Waals surface area contributed by atoms with E-state index in [4.69, 9.17) is 15.2 Å². The van der Waals surface area contributed by atoms with Crippen molar-refractivity contribution in [2.45, 2.75) is 26.2 Å². The Balaban J connectivity index is 1.78. The number of benzene rings is 1. The summed E-state index contributed by atoms with van der Waals surface area (Å²) < 4.78 is 10.5. The molecule has 0 unspecified atom stereocenters. The molecule has 0 radical (unpaired) electrons. The van der Waals surface area contributed by atoms with Gasteiger partial charge in [-0.1, -0.05) is 13.0 Å². The second kappa shape index (κ2) is 8.48. The minimum Gasteiger partial charge on any atom is -0.493 e. The number of carbonyl (C=O) groups is 2. The van der Waals surface area contributed by atoms with Gasteiger partial charge in [-0.2, -0.15) is 0 Å². The predicted octanol–water partition coefficient (Wildman–Crippen LogP) is 3.64. The van der Waals surface area contributed by atoms with Gasteiger partial charge in [0.15, 0.2) is 11.5 Å². The van der Waals surface area contributed by atoms with Crippen molar-refractivity contribution >= 4 is 34.2 Å². The van der Waals surface area contributed by atoms with Crippen LogP contribution in [0.3, 0.4) is 0 Å².